The van der Waals surface area contributed by atoms with Gasteiger partial charge >= 0.3 is 5.97 Å². The largest absolute Gasteiger partial charge is 0.490 e. The second-order valence-corrected chi connectivity index (χ2v) is 7.18. The molecular formula is C24H17ClO5. The number of ether oxygens (including phenoxy) is 2. The maximum absolute atomic E-state index is 12.9. The summed E-state index contributed by atoms with van der Waals surface area (Å²) in [6.45, 7) is 2.10. The molecule has 5 nitrogen and oxygen atoms in total. The number of esters is 1. The summed E-state index contributed by atoms with van der Waals surface area (Å²) < 4.78 is 10.9. The van der Waals surface area contributed by atoms with E-state index in [0.717, 1.165) is 5.56 Å². The summed E-state index contributed by atoms with van der Waals surface area (Å²) in [6.07, 6.45) is 0. The number of benzene rings is 3. The number of para-hydroxylation sites is 1. The number of carbonyl (C=O) groups excluding carboxylic acids is 3. The summed E-state index contributed by atoms with van der Waals surface area (Å²) in [5, 5.41) is -0.0785. The minimum atomic E-state index is -0.685. The van der Waals surface area contributed by atoms with Crippen LogP contribution in [0.4, 0.5) is 0 Å². The van der Waals surface area contributed by atoms with Gasteiger partial charge in [-0.2, -0.15) is 0 Å². The van der Waals surface area contributed by atoms with Crippen molar-refractivity contribution in [3.05, 3.63) is 99.1 Å². The molecule has 0 N–H and O–H groups in total. The van der Waals surface area contributed by atoms with Crippen LogP contribution in [0.15, 0.2) is 60.7 Å². The van der Waals surface area contributed by atoms with Gasteiger partial charge in [-0.15, -0.1) is 0 Å². The van der Waals surface area contributed by atoms with Gasteiger partial charge in [0.25, 0.3) is 0 Å². The molecule has 0 unspecified atom stereocenters. The predicted molar refractivity (Wildman–Crippen MR) is 112 cm³/mol. The summed E-state index contributed by atoms with van der Waals surface area (Å²) in [5.41, 5.74) is 1.83. The summed E-state index contributed by atoms with van der Waals surface area (Å²) in [4.78, 5) is 38.1. The van der Waals surface area contributed by atoms with Gasteiger partial charge < -0.3 is 9.47 Å². The Morgan fingerprint density at radius 2 is 1.50 bits per heavy atom. The van der Waals surface area contributed by atoms with E-state index in [4.69, 9.17) is 21.1 Å². The third kappa shape index (κ3) is 3.48. The van der Waals surface area contributed by atoms with Crippen LogP contribution in [0.2, 0.25) is 5.02 Å². The molecule has 150 valence electrons. The molecule has 0 fully saturated rings. The highest BCUT2D eigenvalue weighted by molar-refractivity contribution is 6.41. The molecule has 0 bridgehead atoms. The molecular weight excluding hydrogens is 404 g/mol. The number of halogens is 1. The van der Waals surface area contributed by atoms with Gasteiger partial charge in [0.05, 0.1) is 16.1 Å². The lowest BCUT2D eigenvalue weighted by Gasteiger charge is -2.19. The molecule has 1 aliphatic rings. The number of hydrogen-bond donors (Lipinski definition) is 0. The number of fused-ring (bicyclic) bond motifs is 2. The van der Waals surface area contributed by atoms with Gasteiger partial charge in [-0.3, -0.25) is 9.59 Å². The minimum absolute atomic E-state index is 0.0102. The van der Waals surface area contributed by atoms with Gasteiger partial charge in [0.1, 0.15) is 19.0 Å². The van der Waals surface area contributed by atoms with Crippen LogP contribution in [0.3, 0.4) is 0 Å². The highest BCUT2D eigenvalue weighted by atomic mass is 35.5. The predicted octanol–water partition coefficient (Wildman–Crippen LogP) is 4.66. The number of rotatable bonds is 5. The first-order valence-corrected chi connectivity index (χ1v) is 9.73. The first-order valence-electron chi connectivity index (χ1n) is 9.35. The van der Waals surface area contributed by atoms with Crippen LogP contribution >= 0.6 is 11.6 Å². The van der Waals surface area contributed by atoms with E-state index < -0.39 is 5.97 Å². The zero-order valence-electron chi connectivity index (χ0n) is 16.1. The molecule has 0 radical (unpaired) electrons. The molecule has 30 heavy (non-hydrogen) atoms. The second kappa shape index (κ2) is 8.13. The molecule has 6 heteroatoms. The van der Waals surface area contributed by atoms with Gasteiger partial charge in [0, 0.05) is 16.7 Å². The molecule has 0 aromatic heterocycles. The molecule has 3 aromatic rings. The van der Waals surface area contributed by atoms with Crippen molar-refractivity contribution in [3.8, 4) is 5.75 Å². The van der Waals surface area contributed by atoms with Crippen LogP contribution in [-0.2, 0) is 4.74 Å². The molecule has 0 saturated heterocycles. The number of ketones is 2. The van der Waals surface area contributed by atoms with Crippen LogP contribution in [0.25, 0.3) is 0 Å². The number of aryl methyl sites for hydroxylation is 1. The smallest absolute Gasteiger partial charge is 0.339 e. The van der Waals surface area contributed by atoms with Crippen molar-refractivity contribution in [2.24, 2.45) is 0 Å². The Kier molecular flexibility index (Phi) is 5.38. The van der Waals surface area contributed by atoms with E-state index in [0.29, 0.717) is 11.3 Å². The lowest BCUT2D eigenvalue weighted by atomic mass is 9.83. The summed E-state index contributed by atoms with van der Waals surface area (Å²) >= 11 is 6.37. The molecule has 0 aliphatic heterocycles. The summed E-state index contributed by atoms with van der Waals surface area (Å²) in [5.74, 6) is -0.658. The third-order valence-corrected chi connectivity index (χ3v) is 5.31. The fourth-order valence-corrected chi connectivity index (χ4v) is 3.71. The molecule has 0 spiro atoms. The van der Waals surface area contributed by atoms with E-state index in [1.807, 2.05) is 31.2 Å². The molecule has 4 rings (SSSR count). The fraction of sp³-hybridized carbons (Fsp3) is 0.125. The molecule has 0 saturated carbocycles. The first-order chi connectivity index (χ1) is 14.5. The Hall–Kier alpha value is -3.44. The van der Waals surface area contributed by atoms with E-state index in [-0.39, 0.29) is 52.1 Å². The van der Waals surface area contributed by atoms with Crippen molar-refractivity contribution in [3.63, 3.8) is 0 Å². The van der Waals surface area contributed by atoms with E-state index >= 15 is 0 Å². The second-order valence-electron chi connectivity index (χ2n) is 6.80. The maximum Gasteiger partial charge on any atom is 0.339 e. The lowest BCUT2D eigenvalue weighted by Crippen LogP contribution is -2.22. The average Bonchev–Trinajstić information content (AvgIpc) is 2.76. The Morgan fingerprint density at radius 1 is 0.833 bits per heavy atom. The van der Waals surface area contributed by atoms with E-state index in [1.54, 1.807) is 24.3 Å². The van der Waals surface area contributed by atoms with Crippen LogP contribution in [0.1, 0.15) is 47.8 Å². The normalized spacial score (nSPS) is 12.2. The Bertz CT molecular complexity index is 1180. The Labute approximate surface area is 178 Å². The highest BCUT2D eigenvalue weighted by Crippen LogP contribution is 2.34. The Morgan fingerprint density at radius 3 is 2.23 bits per heavy atom. The van der Waals surface area contributed by atoms with Gasteiger partial charge in [0.2, 0.25) is 0 Å². The van der Waals surface area contributed by atoms with Gasteiger partial charge in [-0.1, -0.05) is 54.1 Å². The summed E-state index contributed by atoms with van der Waals surface area (Å²) in [7, 11) is 0. The van der Waals surface area contributed by atoms with E-state index in [1.165, 1.54) is 12.1 Å². The van der Waals surface area contributed by atoms with Crippen molar-refractivity contribution < 1.29 is 23.9 Å². The van der Waals surface area contributed by atoms with Crippen molar-refractivity contribution in [1.82, 2.24) is 0 Å². The van der Waals surface area contributed by atoms with Crippen molar-refractivity contribution in [1.29, 1.82) is 0 Å². The molecule has 0 amide bonds. The maximum atomic E-state index is 12.9. The quantitative estimate of drug-likeness (QED) is 0.347. The van der Waals surface area contributed by atoms with Gasteiger partial charge in [-0.05, 0) is 30.7 Å². The van der Waals surface area contributed by atoms with E-state index in [9.17, 15) is 14.4 Å². The number of hydrogen-bond acceptors (Lipinski definition) is 5. The Balaban J connectivity index is 1.50. The monoisotopic (exact) mass is 420 g/mol. The minimum Gasteiger partial charge on any atom is -0.490 e. The van der Waals surface area contributed by atoms with Crippen molar-refractivity contribution >= 4 is 29.1 Å². The SMILES string of the molecule is Cc1ccccc1OCCOC(=O)c1ccc2c(c1Cl)C(=O)c1ccccc1C2=O. The van der Waals surface area contributed by atoms with Crippen molar-refractivity contribution in [2.45, 2.75) is 6.92 Å². The molecule has 1 aliphatic carbocycles. The van der Waals surface area contributed by atoms with Gasteiger partial charge in [-0.25, -0.2) is 4.79 Å². The zero-order chi connectivity index (χ0) is 21.3. The van der Waals surface area contributed by atoms with E-state index in [2.05, 4.69) is 0 Å². The van der Waals surface area contributed by atoms with Crippen LogP contribution in [-0.4, -0.2) is 30.7 Å². The average molecular weight is 421 g/mol. The highest BCUT2D eigenvalue weighted by Gasteiger charge is 2.33. The standard InChI is InChI=1S/C24H17ClO5/c1-14-6-2-5-9-19(14)29-12-13-30-24(28)18-11-10-17-20(21(18)25)23(27)16-8-4-3-7-15(16)22(17)26/h2-11H,12-13H2,1H3. The number of carbonyl (C=O) groups is 3. The first kappa shape index (κ1) is 19.9. The molecule has 3 aromatic carbocycles. The fourth-order valence-electron chi connectivity index (χ4n) is 3.39. The van der Waals surface area contributed by atoms with Crippen molar-refractivity contribution in [2.75, 3.05) is 13.2 Å². The topological polar surface area (TPSA) is 69.7 Å². The summed E-state index contributed by atoms with van der Waals surface area (Å²) in [6, 6.07) is 16.9. The zero-order valence-corrected chi connectivity index (χ0v) is 16.9. The molecule has 0 atom stereocenters. The lowest BCUT2D eigenvalue weighted by molar-refractivity contribution is 0.0450. The molecule has 0 heterocycles. The van der Waals surface area contributed by atoms with Crippen LogP contribution in [0, 0.1) is 6.92 Å². The van der Waals surface area contributed by atoms with Crippen LogP contribution < -0.4 is 4.74 Å². The van der Waals surface area contributed by atoms with Crippen LogP contribution in [0.5, 0.6) is 5.75 Å². The van der Waals surface area contributed by atoms with Gasteiger partial charge in [0.15, 0.2) is 11.6 Å². The third-order valence-electron chi connectivity index (χ3n) is 4.92.